The third-order valence-corrected chi connectivity index (χ3v) is 9.56. The van der Waals surface area contributed by atoms with Crippen molar-refractivity contribution in [3.63, 3.8) is 0 Å². The van der Waals surface area contributed by atoms with Gasteiger partial charge in [0.15, 0.2) is 0 Å². The molecule has 4 nitrogen and oxygen atoms in total. The summed E-state index contributed by atoms with van der Waals surface area (Å²) in [5, 5.41) is 19.7. The van der Waals surface area contributed by atoms with Gasteiger partial charge in [-0.15, -0.1) is 0 Å². The summed E-state index contributed by atoms with van der Waals surface area (Å²) >= 11 is 0. The Hall–Kier alpha value is -5.32. The van der Waals surface area contributed by atoms with Crippen LogP contribution in [-0.4, -0.2) is 12.1 Å². The molecule has 206 valence electrons. The smallest absolute Gasteiger partial charge is 0.101 e. The highest BCUT2D eigenvalue weighted by atomic mass is 15.2. The molecule has 2 aliphatic heterocycles. The summed E-state index contributed by atoms with van der Waals surface area (Å²) in [7, 11) is 0. The van der Waals surface area contributed by atoms with Crippen molar-refractivity contribution in [3.05, 3.63) is 161 Å². The van der Waals surface area contributed by atoms with Crippen LogP contribution in [0.3, 0.4) is 0 Å². The highest BCUT2D eigenvalue weighted by molar-refractivity contribution is 5.79. The Morgan fingerprint density at radius 2 is 1.63 bits per heavy atom. The molecule has 4 heteroatoms. The molecule has 8 rings (SSSR count). The van der Waals surface area contributed by atoms with Crippen LogP contribution in [0.4, 0.5) is 17.1 Å². The monoisotopic (exact) mass is 554 g/mol. The SMILES string of the molecule is CC1C=CC2=C(C1)C1=CC=CC(C3=CC4C(C=C3)c3ccccc3N4c3ccccc3C#N)C1N2c1cccc(C#N)c1. The summed E-state index contributed by atoms with van der Waals surface area (Å²) < 4.78 is 0. The predicted octanol–water partition coefficient (Wildman–Crippen LogP) is 8.38. The van der Waals surface area contributed by atoms with Gasteiger partial charge in [0.25, 0.3) is 0 Å². The minimum Gasteiger partial charge on any atom is -0.333 e. The van der Waals surface area contributed by atoms with Crippen LogP contribution >= 0.6 is 0 Å². The topological polar surface area (TPSA) is 54.1 Å². The second-order valence-corrected chi connectivity index (χ2v) is 12.0. The highest BCUT2D eigenvalue weighted by Gasteiger charge is 2.45. The minimum atomic E-state index is 0.0638. The van der Waals surface area contributed by atoms with Crippen molar-refractivity contribution >= 4 is 17.1 Å². The molecule has 3 aromatic carbocycles. The maximum Gasteiger partial charge on any atom is 0.101 e. The number of rotatable bonds is 3. The van der Waals surface area contributed by atoms with Gasteiger partial charge < -0.3 is 9.80 Å². The lowest BCUT2D eigenvalue weighted by Gasteiger charge is -2.38. The lowest BCUT2D eigenvalue weighted by molar-refractivity contribution is 0.612. The van der Waals surface area contributed by atoms with E-state index in [1.165, 1.54) is 28.0 Å². The average Bonchev–Trinajstić information content (AvgIpc) is 3.57. The normalized spacial score (nSPS) is 26.2. The van der Waals surface area contributed by atoms with E-state index in [4.69, 9.17) is 0 Å². The van der Waals surface area contributed by atoms with Crippen LogP contribution in [-0.2, 0) is 0 Å². The van der Waals surface area contributed by atoms with Crippen molar-refractivity contribution in [2.75, 3.05) is 9.80 Å². The Kier molecular flexibility index (Phi) is 5.85. The minimum absolute atomic E-state index is 0.0638. The molecular formula is C39H30N4. The summed E-state index contributed by atoms with van der Waals surface area (Å²) in [4.78, 5) is 4.83. The van der Waals surface area contributed by atoms with E-state index in [0.717, 1.165) is 23.5 Å². The zero-order valence-electron chi connectivity index (χ0n) is 23.9. The molecule has 0 fully saturated rings. The summed E-state index contributed by atoms with van der Waals surface area (Å²) in [6.07, 6.45) is 19.6. The molecule has 43 heavy (non-hydrogen) atoms. The van der Waals surface area contributed by atoms with E-state index in [2.05, 4.69) is 114 Å². The highest BCUT2D eigenvalue weighted by Crippen LogP contribution is 2.52. The lowest BCUT2D eigenvalue weighted by atomic mass is 9.77. The molecule has 0 amide bonds. The molecule has 0 radical (unpaired) electrons. The van der Waals surface area contributed by atoms with Gasteiger partial charge in [-0.2, -0.15) is 10.5 Å². The van der Waals surface area contributed by atoms with Gasteiger partial charge in [-0.25, -0.2) is 0 Å². The Labute approximate surface area is 252 Å². The summed E-state index contributed by atoms with van der Waals surface area (Å²) in [5.41, 5.74) is 11.1. The van der Waals surface area contributed by atoms with Crippen molar-refractivity contribution < 1.29 is 0 Å². The van der Waals surface area contributed by atoms with E-state index in [1.807, 2.05) is 36.4 Å². The molecule has 0 aromatic heterocycles. The van der Waals surface area contributed by atoms with E-state index < -0.39 is 0 Å². The van der Waals surface area contributed by atoms with Crippen LogP contribution in [0.15, 0.2) is 144 Å². The van der Waals surface area contributed by atoms with E-state index in [0.29, 0.717) is 17.0 Å². The molecule has 5 aliphatic rings. The van der Waals surface area contributed by atoms with E-state index in [9.17, 15) is 10.5 Å². The fourth-order valence-corrected chi connectivity index (χ4v) is 7.71. The summed E-state index contributed by atoms with van der Waals surface area (Å²) in [6.45, 7) is 2.28. The maximum absolute atomic E-state index is 10.0. The molecule has 3 aromatic rings. The average molecular weight is 555 g/mol. The molecule has 2 heterocycles. The molecule has 0 N–H and O–H groups in total. The summed E-state index contributed by atoms with van der Waals surface area (Å²) in [5.74, 6) is 0.806. The second kappa shape index (κ2) is 9.90. The van der Waals surface area contributed by atoms with Gasteiger partial charge in [-0.05, 0) is 77.1 Å². The number of nitriles is 2. The maximum atomic E-state index is 10.0. The van der Waals surface area contributed by atoms with Crippen molar-refractivity contribution in [1.29, 1.82) is 10.5 Å². The van der Waals surface area contributed by atoms with Crippen molar-refractivity contribution in [2.24, 2.45) is 11.8 Å². The first-order valence-corrected chi connectivity index (χ1v) is 15.0. The van der Waals surface area contributed by atoms with Gasteiger partial charge in [0, 0.05) is 28.9 Å². The number of anilines is 3. The number of fused-ring (bicyclic) bond motifs is 5. The Morgan fingerprint density at radius 1 is 0.791 bits per heavy atom. The van der Waals surface area contributed by atoms with Gasteiger partial charge in [-0.3, -0.25) is 0 Å². The second-order valence-electron chi connectivity index (χ2n) is 12.0. The zero-order chi connectivity index (χ0) is 29.1. The third kappa shape index (κ3) is 3.88. The molecule has 5 atom stereocenters. The molecule has 5 unspecified atom stereocenters. The first-order chi connectivity index (χ1) is 21.2. The van der Waals surface area contributed by atoms with Gasteiger partial charge >= 0.3 is 0 Å². The molecule has 0 saturated heterocycles. The van der Waals surface area contributed by atoms with Gasteiger partial charge in [-0.1, -0.05) is 85.9 Å². The fraction of sp³-hybridized carbons (Fsp3) is 0.179. The zero-order valence-corrected chi connectivity index (χ0v) is 23.9. The van der Waals surface area contributed by atoms with E-state index in [1.54, 1.807) is 0 Å². The first kappa shape index (κ1) is 25.4. The van der Waals surface area contributed by atoms with Gasteiger partial charge in [0.2, 0.25) is 0 Å². The van der Waals surface area contributed by atoms with Crippen LogP contribution in [0, 0.1) is 34.5 Å². The molecule has 3 aliphatic carbocycles. The Morgan fingerprint density at radius 3 is 2.49 bits per heavy atom. The fourth-order valence-electron chi connectivity index (χ4n) is 7.71. The molecular weight excluding hydrogens is 524 g/mol. The molecule has 0 spiro atoms. The van der Waals surface area contributed by atoms with Crippen molar-refractivity contribution in [3.8, 4) is 12.1 Å². The Bertz CT molecular complexity index is 1940. The number of nitrogens with zero attached hydrogens (tertiary/aromatic N) is 4. The predicted molar refractivity (Wildman–Crippen MR) is 172 cm³/mol. The third-order valence-electron chi connectivity index (χ3n) is 9.56. The van der Waals surface area contributed by atoms with Gasteiger partial charge in [0.05, 0.1) is 35.0 Å². The Balaban J connectivity index is 1.25. The van der Waals surface area contributed by atoms with E-state index >= 15 is 0 Å². The molecule has 0 bridgehead atoms. The number of hydrogen-bond donors (Lipinski definition) is 0. The van der Waals surface area contributed by atoms with Crippen LogP contribution in [0.25, 0.3) is 0 Å². The largest absolute Gasteiger partial charge is 0.333 e. The summed E-state index contributed by atoms with van der Waals surface area (Å²) in [6, 6.07) is 29.5. The first-order valence-electron chi connectivity index (χ1n) is 15.0. The van der Waals surface area contributed by atoms with Crippen LogP contribution in [0.5, 0.6) is 0 Å². The lowest BCUT2D eigenvalue weighted by Crippen LogP contribution is -2.39. The van der Waals surface area contributed by atoms with Crippen LogP contribution in [0.1, 0.15) is 36.0 Å². The van der Waals surface area contributed by atoms with Crippen molar-refractivity contribution in [2.45, 2.75) is 31.3 Å². The van der Waals surface area contributed by atoms with Gasteiger partial charge in [0.1, 0.15) is 6.07 Å². The number of para-hydroxylation sites is 2. The quantitative estimate of drug-likeness (QED) is 0.326. The number of allylic oxidation sites excluding steroid dienone is 5. The van der Waals surface area contributed by atoms with Crippen molar-refractivity contribution in [1.82, 2.24) is 0 Å². The number of hydrogen-bond acceptors (Lipinski definition) is 4. The van der Waals surface area contributed by atoms with E-state index in [-0.39, 0.29) is 23.9 Å². The standard InChI is InChI=1S/C39H30N4/c1-25-16-19-37-34(20-25)33-13-7-12-30(39(33)42(37)29-10-6-8-26(21-29)23-40)27-17-18-32-31-11-3-5-15-36(31)43(38(32)22-27)35-14-4-2-9-28(35)24-41/h2-19,21-22,25,30,32,38-39H,20H2,1H3. The number of benzene rings is 3. The van der Waals surface area contributed by atoms with Crippen LogP contribution < -0.4 is 9.80 Å². The van der Waals surface area contributed by atoms with Crippen LogP contribution in [0.2, 0.25) is 0 Å². The molecule has 0 saturated carbocycles.